The van der Waals surface area contributed by atoms with Gasteiger partial charge in [-0.2, -0.15) is 0 Å². The lowest BCUT2D eigenvalue weighted by atomic mass is 10.1. The highest BCUT2D eigenvalue weighted by atomic mass is 32.2. The largest absolute Gasteiger partial charge is 0.480 e. The van der Waals surface area contributed by atoms with Crippen molar-refractivity contribution in [3.8, 4) is 0 Å². The summed E-state index contributed by atoms with van der Waals surface area (Å²) in [5, 5.41) is 7.81. The van der Waals surface area contributed by atoms with Crippen LogP contribution in [0.3, 0.4) is 0 Å². The fourth-order valence-electron chi connectivity index (χ4n) is 1.60. The number of halogens is 2. The maximum Gasteiger partial charge on any atom is 0.319 e. The van der Waals surface area contributed by atoms with Crippen molar-refractivity contribution in [1.29, 1.82) is 0 Å². The fourth-order valence-corrected chi connectivity index (χ4v) is 3.18. The van der Waals surface area contributed by atoms with Gasteiger partial charge in [0.25, 0.3) is 0 Å². The van der Waals surface area contributed by atoms with Gasteiger partial charge >= 0.3 is 5.97 Å². The highest BCUT2D eigenvalue weighted by Crippen LogP contribution is 2.19. The minimum Gasteiger partial charge on any atom is -0.480 e. The van der Waals surface area contributed by atoms with Crippen molar-refractivity contribution in [2.75, 3.05) is 0 Å². The van der Waals surface area contributed by atoms with Crippen molar-refractivity contribution < 1.29 is 22.9 Å². The van der Waals surface area contributed by atoms with Gasteiger partial charge in [-0.25, -0.2) is 8.78 Å². The van der Waals surface area contributed by atoms with Crippen LogP contribution in [0, 0.1) is 17.6 Å². The van der Waals surface area contributed by atoms with Gasteiger partial charge in [0.05, 0.1) is 5.75 Å². The summed E-state index contributed by atoms with van der Waals surface area (Å²) in [6.45, 7) is 3.21. The van der Waals surface area contributed by atoms with Crippen LogP contribution >= 0.6 is 0 Å². The molecule has 0 saturated carbocycles. The molecule has 0 heterocycles. The number of carboxylic acid groups (broad SMARTS) is 1. The average Bonchev–Trinajstić information content (AvgIpc) is 2.22. The summed E-state index contributed by atoms with van der Waals surface area (Å²) in [7, 11) is -1.87. The van der Waals surface area contributed by atoms with Crippen molar-refractivity contribution in [2.45, 2.75) is 24.9 Å². The molecule has 1 aromatic rings. The normalized spacial score (nSPS) is 14.5. The summed E-state index contributed by atoms with van der Waals surface area (Å²) in [4.78, 5) is 11.0. The van der Waals surface area contributed by atoms with Crippen molar-refractivity contribution in [2.24, 2.45) is 5.92 Å². The lowest BCUT2D eigenvalue weighted by Crippen LogP contribution is -2.32. The van der Waals surface area contributed by atoms with Crippen LogP contribution in [0.1, 0.15) is 19.4 Å². The molecule has 1 aromatic carbocycles. The predicted octanol–water partition coefficient (Wildman–Crippen LogP) is 2.32. The van der Waals surface area contributed by atoms with E-state index < -0.39 is 39.4 Å². The lowest BCUT2D eigenvalue weighted by molar-refractivity contribution is -0.137. The standard InChI is InChI=1S/C12H14F2O3S/c1-7(2)11(12(15)16)18(17)6-8-9(13)4-3-5-10(8)14/h3-5,7,11H,6H2,1-2H3,(H,15,16). The van der Waals surface area contributed by atoms with E-state index in [1.165, 1.54) is 6.07 Å². The van der Waals surface area contributed by atoms with Crippen LogP contribution in [-0.4, -0.2) is 20.5 Å². The molecular weight excluding hydrogens is 262 g/mol. The number of carboxylic acids is 1. The Morgan fingerprint density at radius 1 is 1.33 bits per heavy atom. The molecule has 18 heavy (non-hydrogen) atoms. The molecule has 1 rings (SSSR count). The van der Waals surface area contributed by atoms with E-state index in [9.17, 15) is 17.8 Å². The molecule has 0 amide bonds. The van der Waals surface area contributed by atoms with Crippen LogP contribution < -0.4 is 0 Å². The topological polar surface area (TPSA) is 54.4 Å². The van der Waals surface area contributed by atoms with Crippen LogP contribution in [0.2, 0.25) is 0 Å². The molecule has 0 aliphatic heterocycles. The molecule has 2 unspecified atom stereocenters. The van der Waals surface area contributed by atoms with E-state index in [2.05, 4.69) is 0 Å². The Hall–Kier alpha value is -1.30. The van der Waals surface area contributed by atoms with Gasteiger partial charge in [-0.05, 0) is 18.1 Å². The number of benzene rings is 1. The molecule has 0 bridgehead atoms. The first kappa shape index (κ1) is 14.8. The van der Waals surface area contributed by atoms with Gasteiger partial charge in [-0.1, -0.05) is 19.9 Å². The Balaban J connectivity index is 2.97. The highest BCUT2D eigenvalue weighted by Gasteiger charge is 2.29. The maximum atomic E-state index is 13.4. The number of rotatable bonds is 5. The molecule has 1 N–H and O–H groups in total. The van der Waals surface area contributed by atoms with Crippen LogP contribution in [0.5, 0.6) is 0 Å². The third-order valence-electron chi connectivity index (χ3n) is 2.48. The molecule has 0 aliphatic rings. The molecule has 0 spiro atoms. The summed E-state index contributed by atoms with van der Waals surface area (Å²) in [6.07, 6.45) is 0. The highest BCUT2D eigenvalue weighted by molar-refractivity contribution is 7.85. The van der Waals surface area contributed by atoms with E-state index >= 15 is 0 Å². The van der Waals surface area contributed by atoms with E-state index in [-0.39, 0.29) is 11.5 Å². The average molecular weight is 276 g/mol. The summed E-state index contributed by atoms with van der Waals surface area (Å²) in [5.74, 6) is -3.65. The zero-order valence-electron chi connectivity index (χ0n) is 10.0. The minimum atomic E-state index is -1.87. The summed E-state index contributed by atoms with van der Waals surface area (Å²) < 4.78 is 38.6. The Labute approximate surface area is 106 Å². The number of aliphatic carboxylic acids is 1. The van der Waals surface area contributed by atoms with Crippen LogP contribution in [0.4, 0.5) is 8.78 Å². The van der Waals surface area contributed by atoms with Crippen LogP contribution in [-0.2, 0) is 21.3 Å². The molecule has 0 aliphatic carbocycles. The predicted molar refractivity (Wildman–Crippen MR) is 64.5 cm³/mol. The van der Waals surface area contributed by atoms with Crippen LogP contribution in [0.25, 0.3) is 0 Å². The first-order chi connectivity index (χ1) is 8.34. The van der Waals surface area contributed by atoms with Gasteiger partial charge in [0.1, 0.15) is 16.9 Å². The van der Waals surface area contributed by atoms with E-state index in [1.54, 1.807) is 13.8 Å². The minimum absolute atomic E-state index is 0.331. The van der Waals surface area contributed by atoms with Crippen LogP contribution in [0.15, 0.2) is 18.2 Å². The molecule has 0 fully saturated rings. The second kappa shape index (κ2) is 6.04. The van der Waals surface area contributed by atoms with Gasteiger partial charge in [-0.3, -0.25) is 9.00 Å². The van der Waals surface area contributed by atoms with Crippen molar-refractivity contribution in [1.82, 2.24) is 0 Å². The molecule has 0 saturated heterocycles. The van der Waals surface area contributed by atoms with Gasteiger partial charge < -0.3 is 5.11 Å². The first-order valence-corrected chi connectivity index (χ1v) is 6.75. The lowest BCUT2D eigenvalue weighted by Gasteiger charge is -2.16. The maximum absolute atomic E-state index is 13.4. The Kier molecular flexibility index (Phi) is 4.95. The number of carbonyl (C=O) groups is 1. The second-order valence-electron chi connectivity index (χ2n) is 4.23. The summed E-state index contributed by atoms with van der Waals surface area (Å²) in [5.41, 5.74) is -0.331. The number of hydrogen-bond acceptors (Lipinski definition) is 2. The van der Waals surface area contributed by atoms with Crippen molar-refractivity contribution >= 4 is 16.8 Å². The second-order valence-corrected chi connectivity index (χ2v) is 5.79. The first-order valence-electron chi connectivity index (χ1n) is 5.37. The smallest absolute Gasteiger partial charge is 0.319 e. The molecule has 6 heteroatoms. The van der Waals surface area contributed by atoms with Crippen molar-refractivity contribution in [3.05, 3.63) is 35.4 Å². The summed E-state index contributed by atoms with van der Waals surface area (Å²) >= 11 is 0. The van der Waals surface area contributed by atoms with Gasteiger partial charge in [0.15, 0.2) is 0 Å². The zero-order valence-corrected chi connectivity index (χ0v) is 10.8. The molecule has 0 aromatic heterocycles. The fraction of sp³-hybridized carbons (Fsp3) is 0.417. The monoisotopic (exact) mass is 276 g/mol. The Bertz CT molecular complexity index is 454. The molecule has 100 valence electrons. The van der Waals surface area contributed by atoms with Gasteiger partial charge in [0.2, 0.25) is 0 Å². The van der Waals surface area contributed by atoms with E-state index in [1.807, 2.05) is 0 Å². The third-order valence-corrected chi connectivity index (χ3v) is 4.37. The molecular formula is C12H14F2O3S. The molecule has 0 radical (unpaired) electrons. The number of hydrogen-bond donors (Lipinski definition) is 1. The molecule has 2 atom stereocenters. The quantitative estimate of drug-likeness (QED) is 0.898. The van der Waals surface area contributed by atoms with E-state index in [0.717, 1.165) is 12.1 Å². The Morgan fingerprint density at radius 3 is 2.22 bits per heavy atom. The SMILES string of the molecule is CC(C)C(C(=O)O)S(=O)Cc1c(F)cccc1F. The van der Waals surface area contributed by atoms with E-state index in [4.69, 9.17) is 5.11 Å². The van der Waals surface area contributed by atoms with Crippen molar-refractivity contribution in [3.63, 3.8) is 0 Å². The van der Waals surface area contributed by atoms with Gasteiger partial charge in [-0.15, -0.1) is 0 Å². The third kappa shape index (κ3) is 3.35. The van der Waals surface area contributed by atoms with Gasteiger partial charge in [0, 0.05) is 16.4 Å². The summed E-state index contributed by atoms with van der Waals surface area (Å²) in [6, 6.07) is 3.32. The Morgan fingerprint density at radius 2 is 1.83 bits per heavy atom. The molecule has 3 nitrogen and oxygen atoms in total. The zero-order chi connectivity index (χ0) is 13.9. The van der Waals surface area contributed by atoms with E-state index in [0.29, 0.717) is 0 Å².